The Morgan fingerprint density at radius 1 is 0.933 bits per heavy atom. The van der Waals surface area contributed by atoms with Crippen LogP contribution < -0.4 is 14.5 Å². The predicted octanol–water partition coefficient (Wildman–Crippen LogP) is 3.87. The monoisotopic (exact) mass is 403 g/mol. The Morgan fingerprint density at radius 2 is 1.67 bits per heavy atom. The van der Waals surface area contributed by atoms with Crippen LogP contribution in [0, 0.1) is 5.82 Å². The van der Waals surface area contributed by atoms with Crippen molar-refractivity contribution in [2.75, 3.05) is 43.1 Å². The van der Waals surface area contributed by atoms with E-state index < -0.39 is 0 Å². The fraction of sp³-hybridized carbons (Fsp3) is 0.217. The molecule has 0 radical (unpaired) electrons. The number of rotatable bonds is 4. The first kappa shape index (κ1) is 18.4. The number of aromatic nitrogens is 3. The van der Waals surface area contributed by atoms with Crippen molar-refractivity contribution in [2.45, 2.75) is 0 Å². The Balaban J connectivity index is 1.40. The van der Waals surface area contributed by atoms with Gasteiger partial charge < -0.3 is 14.5 Å². The van der Waals surface area contributed by atoms with Crippen LogP contribution >= 0.6 is 0 Å². The first-order chi connectivity index (χ1) is 14.7. The molecule has 0 spiro atoms. The molecular weight excluding hydrogens is 381 g/mol. The predicted molar refractivity (Wildman–Crippen MR) is 116 cm³/mol. The molecule has 5 rings (SSSR count). The SMILES string of the molecule is COc1ccccc1N1CCN(c2nccn3nc(-c4ccc(F)cc4)cc23)CC1. The molecule has 0 atom stereocenters. The number of benzene rings is 2. The molecule has 0 saturated carbocycles. The second-order valence-corrected chi connectivity index (χ2v) is 7.26. The summed E-state index contributed by atoms with van der Waals surface area (Å²) in [6.45, 7) is 3.45. The second-order valence-electron chi connectivity index (χ2n) is 7.26. The van der Waals surface area contributed by atoms with Crippen LogP contribution in [0.1, 0.15) is 0 Å². The highest BCUT2D eigenvalue weighted by atomic mass is 19.1. The molecule has 7 heteroatoms. The molecule has 0 aliphatic carbocycles. The Bertz CT molecular complexity index is 1170. The second kappa shape index (κ2) is 7.67. The lowest BCUT2D eigenvalue weighted by atomic mass is 10.1. The molecule has 0 unspecified atom stereocenters. The molecule has 1 fully saturated rings. The van der Waals surface area contributed by atoms with Crippen LogP contribution in [0.2, 0.25) is 0 Å². The average molecular weight is 403 g/mol. The molecule has 4 aromatic rings. The highest BCUT2D eigenvalue weighted by molar-refractivity contribution is 5.75. The molecule has 2 aromatic carbocycles. The maximum absolute atomic E-state index is 13.3. The highest BCUT2D eigenvalue weighted by Crippen LogP contribution is 2.30. The third-order valence-electron chi connectivity index (χ3n) is 5.51. The van der Waals surface area contributed by atoms with Crippen LogP contribution in [0.15, 0.2) is 67.0 Å². The van der Waals surface area contributed by atoms with Gasteiger partial charge in [0.15, 0.2) is 5.82 Å². The standard InChI is InChI=1S/C23H22FN5O/c1-30-22-5-3-2-4-20(22)27-12-14-28(15-13-27)23-21-16-19(26-29(21)11-10-25-23)17-6-8-18(24)9-7-17/h2-11,16H,12-15H2,1H3. The van der Waals surface area contributed by atoms with Gasteiger partial charge in [-0.1, -0.05) is 12.1 Å². The Labute approximate surface area is 174 Å². The Kier molecular flexibility index (Phi) is 4.71. The number of fused-ring (bicyclic) bond motifs is 1. The molecule has 0 N–H and O–H groups in total. The van der Waals surface area contributed by atoms with Gasteiger partial charge in [-0.3, -0.25) is 0 Å². The third-order valence-corrected chi connectivity index (χ3v) is 5.51. The van der Waals surface area contributed by atoms with Gasteiger partial charge >= 0.3 is 0 Å². The van der Waals surface area contributed by atoms with Crippen LogP contribution in [0.5, 0.6) is 5.75 Å². The zero-order valence-electron chi connectivity index (χ0n) is 16.7. The fourth-order valence-corrected chi connectivity index (χ4v) is 3.96. The van der Waals surface area contributed by atoms with Crippen LogP contribution in [-0.2, 0) is 0 Å². The summed E-state index contributed by atoms with van der Waals surface area (Å²) in [6.07, 6.45) is 3.62. The summed E-state index contributed by atoms with van der Waals surface area (Å²) >= 11 is 0. The third kappa shape index (κ3) is 3.32. The van der Waals surface area contributed by atoms with E-state index in [0.29, 0.717) is 0 Å². The van der Waals surface area contributed by atoms with Crippen molar-refractivity contribution in [3.05, 3.63) is 72.8 Å². The lowest BCUT2D eigenvalue weighted by molar-refractivity contribution is 0.413. The number of para-hydroxylation sites is 2. The molecular formula is C23H22FN5O. The maximum atomic E-state index is 13.3. The van der Waals surface area contributed by atoms with Crippen LogP contribution in [0.3, 0.4) is 0 Å². The van der Waals surface area contributed by atoms with Crippen molar-refractivity contribution in [3.8, 4) is 17.0 Å². The van der Waals surface area contributed by atoms with Gasteiger partial charge in [0.25, 0.3) is 0 Å². The number of methoxy groups -OCH3 is 1. The van der Waals surface area contributed by atoms with E-state index in [1.807, 2.05) is 35.0 Å². The lowest BCUT2D eigenvalue weighted by Crippen LogP contribution is -2.47. The number of anilines is 2. The summed E-state index contributed by atoms with van der Waals surface area (Å²) < 4.78 is 20.6. The van der Waals surface area contributed by atoms with Gasteiger partial charge in [-0.2, -0.15) is 5.10 Å². The smallest absolute Gasteiger partial charge is 0.154 e. The van der Waals surface area contributed by atoms with Gasteiger partial charge in [0, 0.05) is 44.1 Å². The molecule has 30 heavy (non-hydrogen) atoms. The van der Waals surface area contributed by atoms with Crippen LogP contribution in [0.4, 0.5) is 15.9 Å². The van der Waals surface area contributed by atoms with E-state index in [-0.39, 0.29) is 5.82 Å². The number of hydrogen-bond donors (Lipinski definition) is 0. The van der Waals surface area contributed by atoms with Crippen LogP contribution in [0.25, 0.3) is 16.8 Å². The summed E-state index contributed by atoms with van der Waals surface area (Å²) in [5.74, 6) is 1.56. The molecule has 1 saturated heterocycles. The number of piperazine rings is 1. The Hall–Kier alpha value is -3.61. The number of halogens is 1. The molecule has 6 nitrogen and oxygen atoms in total. The van der Waals surface area contributed by atoms with E-state index in [4.69, 9.17) is 4.74 Å². The van der Waals surface area contributed by atoms with E-state index >= 15 is 0 Å². The summed E-state index contributed by atoms with van der Waals surface area (Å²) in [4.78, 5) is 9.28. The summed E-state index contributed by atoms with van der Waals surface area (Å²) in [5, 5.41) is 4.65. The van der Waals surface area contributed by atoms with E-state index in [2.05, 4.69) is 25.9 Å². The molecule has 2 aromatic heterocycles. The van der Waals surface area contributed by atoms with Gasteiger partial charge in [-0.15, -0.1) is 0 Å². The van der Waals surface area contributed by atoms with Gasteiger partial charge in [0.05, 0.1) is 18.5 Å². The quantitative estimate of drug-likeness (QED) is 0.518. The van der Waals surface area contributed by atoms with Crippen molar-refractivity contribution in [1.29, 1.82) is 0 Å². The largest absolute Gasteiger partial charge is 0.495 e. The van der Waals surface area contributed by atoms with Gasteiger partial charge in [0.2, 0.25) is 0 Å². The van der Waals surface area contributed by atoms with Crippen molar-refractivity contribution in [1.82, 2.24) is 14.6 Å². The first-order valence-electron chi connectivity index (χ1n) is 9.96. The normalized spacial score (nSPS) is 14.3. The molecule has 3 heterocycles. The van der Waals surface area contributed by atoms with E-state index in [1.54, 1.807) is 25.4 Å². The van der Waals surface area contributed by atoms with Gasteiger partial charge in [-0.05, 0) is 42.5 Å². The highest BCUT2D eigenvalue weighted by Gasteiger charge is 2.22. The van der Waals surface area contributed by atoms with Gasteiger partial charge in [-0.25, -0.2) is 13.9 Å². The number of hydrogen-bond acceptors (Lipinski definition) is 5. The topological polar surface area (TPSA) is 45.9 Å². The molecule has 152 valence electrons. The number of nitrogens with zero attached hydrogens (tertiary/aromatic N) is 5. The summed E-state index contributed by atoms with van der Waals surface area (Å²) in [7, 11) is 1.71. The molecule has 1 aliphatic rings. The summed E-state index contributed by atoms with van der Waals surface area (Å²) in [5.41, 5.74) is 3.75. The minimum atomic E-state index is -0.252. The van der Waals surface area contributed by atoms with Crippen molar-refractivity contribution >= 4 is 17.0 Å². The first-order valence-corrected chi connectivity index (χ1v) is 9.96. The van der Waals surface area contributed by atoms with Gasteiger partial charge in [0.1, 0.15) is 17.1 Å². The zero-order chi connectivity index (χ0) is 20.5. The van der Waals surface area contributed by atoms with Crippen molar-refractivity contribution in [2.24, 2.45) is 0 Å². The van der Waals surface area contributed by atoms with E-state index in [9.17, 15) is 4.39 Å². The number of ether oxygens (including phenoxy) is 1. The van der Waals surface area contributed by atoms with Crippen molar-refractivity contribution in [3.63, 3.8) is 0 Å². The van der Waals surface area contributed by atoms with Crippen LogP contribution in [-0.4, -0.2) is 47.9 Å². The lowest BCUT2D eigenvalue weighted by Gasteiger charge is -2.37. The molecule has 1 aliphatic heterocycles. The zero-order valence-corrected chi connectivity index (χ0v) is 16.7. The minimum Gasteiger partial charge on any atom is -0.495 e. The van der Waals surface area contributed by atoms with E-state index in [1.165, 1.54) is 12.1 Å². The summed E-state index contributed by atoms with van der Waals surface area (Å²) in [6, 6.07) is 16.5. The Morgan fingerprint density at radius 3 is 2.43 bits per heavy atom. The van der Waals surface area contributed by atoms with Crippen molar-refractivity contribution < 1.29 is 9.13 Å². The van der Waals surface area contributed by atoms with E-state index in [0.717, 1.165) is 60.2 Å². The fourth-order valence-electron chi connectivity index (χ4n) is 3.96. The maximum Gasteiger partial charge on any atom is 0.154 e. The average Bonchev–Trinajstić information content (AvgIpc) is 3.24. The molecule has 0 amide bonds. The minimum absolute atomic E-state index is 0.252. The molecule has 0 bridgehead atoms.